The summed E-state index contributed by atoms with van der Waals surface area (Å²) in [5, 5.41) is 2.81. The molecule has 0 radical (unpaired) electrons. The first-order valence-electron chi connectivity index (χ1n) is 4.42. The Morgan fingerprint density at radius 3 is 2.00 bits per heavy atom. The summed E-state index contributed by atoms with van der Waals surface area (Å²) < 4.78 is 26.1. The van der Waals surface area contributed by atoms with Gasteiger partial charge in [-0.1, -0.05) is 13.8 Å². The largest absolute Gasteiger partial charge is 0.317 e. The van der Waals surface area contributed by atoms with Crippen LogP contribution in [-0.2, 0) is 0 Å². The van der Waals surface area contributed by atoms with Gasteiger partial charge in [-0.3, -0.25) is 0 Å². The first-order valence-corrected chi connectivity index (χ1v) is 4.42. The predicted octanol–water partition coefficient (Wildman–Crippen LogP) is 2.67. The van der Waals surface area contributed by atoms with Gasteiger partial charge in [-0.2, -0.15) is 0 Å². The molecule has 0 spiro atoms. The minimum atomic E-state index is -2.52. The van der Waals surface area contributed by atoms with E-state index in [1.165, 1.54) is 0 Å². The smallest absolute Gasteiger partial charge is 0.249 e. The summed E-state index contributed by atoms with van der Waals surface area (Å²) in [5.41, 5.74) is 0. The van der Waals surface area contributed by atoms with E-state index in [2.05, 4.69) is 5.32 Å². The van der Waals surface area contributed by atoms with Gasteiger partial charge in [0.2, 0.25) is 5.92 Å². The Morgan fingerprint density at radius 2 is 1.67 bits per heavy atom. The molecular formula is C9H19F2N. The average Bonchev–Trinajstić information content (AvgIpc) is 1.83. The Kier molecular flexibility index (Phi) is 4.68. The van der Waals surface area contributed by atoms with E-state index in [0.717, 1.165) is 0 Å². The summed E-state index contributed by atoms with van der Waals surface area (Å²) in [6, 6.07) is -0.112. The fourth-order valence-corrected chi connectivity index (χ4v) is 1.23. The van der Waals surface area contributed by atoms with Gasteiger partial charge in [0.25, 0.3) is 0 Å². The molecular weight excluding hydrogens is 160 g/mol. The van der Waals surface area contributed by atoms with Crippen molar-refractivity contribution in [2.24, 2.45) is 5.92 Å². The van der Waals surface area contributed by atoms with E-state index in [4.69, 9.17) is 0 Å². The van der Waals surface area contributed by atoms with Crippen LogP contribution in [0.2, 0.25) is 0 Å². The Hall–Kier alpha value is -0.180. The lowest BCUT2D eigenvalue weighted by Crippen LogP contribution is -2.31. The van der Waals surface area contributed by atoms with Crippen molar-refractivity contribution in [3.05, 3.63) is 0 Å². The molecule has 0 rings (SSSR count). The number of hydrogen-bond donors (Lipinski definition) is 1. The fraction of sp³-hybridized carbons (Fsp3) is 1.00. The Morgan fingerprint density at radius 1 is 1.17 bits per heavy atom. The zero-order valence-electron chi connectivity index (χ0n) is 8.32. The number of alkyl halides is 2. The van der Waals surface area contributed by atoms with Crippen LogP contribution in [0.25, 0.3) is 0 Å². The molecule has 1 nitrogen and oxygen atoms in total. The first-order chi connectivity index (χ1) is 5.37. The summed E-state index contributed by atoms with van der Waals surface area (Å²) >= 11 is 0. The molecule has 0 saturated heterocycles. The van der Waals surface area contributed by atoms with Crippen molar-refractivity contribution in [2.75, 3.05) is 7.05 Å². The number of rotatable bonds is 5. The molecule has 3 heteroatoms. The first kappa shape index (κ1) is 11.8. The van der Waals surface area contributed by atoms with Gasteiger partial charge in [0, 0.05) is 18.9 Å². The maximum absolute atomic E-state index is 13.1. The molecule has 1 atom stereocenters. The van der Waals surface area contributed by atoms with Crippen LogP contribution in [0.3, 0.4) is 0 Å². The summed E-state index contributed by atoms with van der Waals surface area (Å²) in [4.78, 5) is 0. The molecule has 0 aliphatic rings. The van der Waals surface area contributed by atoms with Crippen molar-refractivity contribution >= 4 is 0 Å². The summed E-state index contributed by atoms with van der Waals surface area (Å²) in [6.45, 7) is 5.41. The van der Waals surface area contributed by atoms with Gasteiger partial charge in [0.15, 0.2) is 0 Å². The van der Waals surface area contributed by atoms with Gasteiger partial charge < -0.3 is 5.32 Å². The van der Waals surface area contributed by atoms with Crippen LogP contribution < -0.4 is 5.32 Å². The van der Waals surface area contributed by atoms with E-state index in [1.54, 1.807) is 14.0 Å². The summed E-state index contributed by atoms with van der Waals surface area (Å²) in [7, 11) is 1.70. The van der Waals surface area contributed by atoms with Crippen LogP contribution in [0.15, 0.2) is 0 Å². The second-order valence-corrected chi connectivity index (χ2v) is 3.85. The van der Waals surface area contributed by atoms with Gasteiger partial charge in [-0.15, -0.1) is 0 Å². The lowest BCUT2D eigenvalue weighted by molar-refractivity contribution is -0.0334. The molecule has 0 aromatic rings. The van der Waals surface area contributed by atoms with Crippen molar-refractivity contribution in [3.63, 3.8) is 0 Å². The molecule has 12 heavy (non-hydrogen) atoms. The van der Waals surface area contributed by atoms with Gasteiger partial charge >= 0.3 is 0 Å². The van der Waals surface area contributed by atoms with Crippen LogP contribution in [0.4, 0.5) is 8.78 Å². The van der Waals surface area contributed by atoms with Gasteiger partial charge in [0.1, 0.15) is 0 Å². The van der Waals surface area contributed by atoms with Crippen LogP contribution >= 0.6 is 0 Å². The topological polar surface area (TPSA) is 12.0 Å². The molecule has 0 bridgehead atoms. The minimum absolute atomic E-state index is 0.0149. The highest BCUT2D eigenvalue weighted by molar-refractivity contribution is 4.73. The van der Waals surface area contributed by atoms with Crippen molar-refractivity contribution in [2.45, 2.75) is 45.6 Å². The van der Waals surface area contributed by atoms with E-state index in [1.807, 2.05) is 13.8 Å². The highest BCUT2D eigenvalue weighted by Gasteiger charge is 2.31. The SMILES string of the molecule is CNC(C)CC(F)(F)CC(C)C. The zero-order valence-corrected chi connectivity index (χ0v) is 8.32. The molecule has 0 aromatic carbocycles. The van der Waals surface area contributed by atoms with E-state index in [0.29, 0.717) is 0 Å². The lowest BCUT2D eigenvalue weighted by atomic mass is 10.00. The van der Waals surface area contributed by atoms with Crippen LogP contribution in [0, 0.1) is 5.92 Å². The van der Waals surface area contributed by atoms with Crippen molar-refractivity contribution in [1.29, 1.82) is 0 Å². The third-order valence-electron chi connectivity index (χ3n) is 1.80. The minimum Gasteiger partial charge on any atom is -0.317 e. The average molecular weight is 179 g/mol. The molecule has 0 aliphatic heterocycles. The lowest BCUT2D eigenvalue weighted by Gasteiger charge is -2.21. The van der Waals surface area contributed by atoms with E-state index < -0.39 is 5.92 Å². The molecule has 0 aromatic heterocycles. The summed E-state index contributed by atoms with van der Waals surface area (Å²) in [6.07, 6.45) is -0.0826. The second-order valence-electron chi connectivity index (χ2n) is 3.85. The number of nitrogens with one attached hydrogen (secondary N) is 1. The molecule has 0 heterocycles. The second kappa shape index (κ2) is 4.75. The van der Waals surface area contributed by atoms with Crippen LogP contribution in [0.5, 0.6) is 0 Å². The number of halogens is 2. The Labute approximate surface area is 73.5 Å². The molecule has 0 amide bonds. The van der Waals surface area contributed by atoms with E-state index in [9.17, 15) is 8.78 Å². The molecule has 0 aliphatic carbocycles. The monoisotopic (exact) mass is 179 g/mol. The van der Waals surface area contributed by atoms with Crippen molar-refractivity contribution in [3.8, 4) is 0 Å². The maximum atomic E-state index is 13.1. The van der Waals surface area contributed by atoms with E-state index >= 15 is 0 Å². The third-order valence-corrected chi connectivity index (χ3v) is 1.80. The van der Waals surface area contributed by atoms with Crippen molar-refractivity contribution < 1.29 is 8.78 Å². The number of hydrogen-bond acceptors (Lipinski definition) is 1. The zero-order chi connectivity index (χ0) is 9.78. The fourth-order valence-electron chi connectivity index (χ4n) is 1.23. The quantitative estimate of drug-likeness (QED) is 0.684. The highest BCUT2D eigenvalue weighted by Crippen LogP contribution is 2.27. The van der Waals surface area contributed by atoms with Gasteiger partial charge in [0.05, 0.1) is 0 Å². The molecule has 74 valence electrons. The standard InChI is InChI=1S/C9H19F2N/c1-7(2)5-9(10,11)6-8(3)12-4/h7-8,12H,5-6H2,1-4H3. The normalized spacial score (nSPS) is 15.2. The molecule has 1 N–H and O–H groups in total. The predicted molar refractivity (Wildman–Crippen MR) is 47.5 cm³/mol. The van der Waals surface area contributed by atoms with Crippen LogP contribution in [-0.4, -0.2) is 19.0 Å². The highest BCUT2D eigenvalue weighted by atomic mass is 19.3. The third kappa shape index (κ3) is 5.47. The molecule has 0 fully saturated rings. The molecule has 1 unspecified atom stereocenters. The van der Waals surface area contributed by atoms with Gasteiger partial charge in [-0.25, -0.2) is 8.78 Å². The molecule has 0 saturated carbocycles. The van der Waals surface area contributed by atoms with Crippen LogP contribution in [0.1, 0.15) is 33.6 Å². The maximum Gasteiger partial charge on any atom is 0.249 e. The Balaban J connectivity index is 3.85. The summed E-state index contributed by atoms with van der Waals surface area (Å²) in [5.74, 6) is -2.46. The van der Waals surface area contributed by atoms with Crippen molar-refractivity contribution in [1.82, 2.24) is 5.32 Å². The van der Waals surface area contributed by atoms with E-state index in [-0.39, 0.29) is 24.8 Å². The Bertz CT molecular complexity index is 124. The van der Waals surface area contributed by atoms with Gasteiger partial charge in [-0.05, 0) is 19.9 Å².